The maximum absolute atomic E-state index is 8.63. The molecule has 0 aliphatic rings. The van der Waals surface area contributed by atoms with E-state index in [-0.39, 0.29) is 0 Å². The maximum Gasteiger partial charge on any atom is 0.130 e. The molecule has 0 N–H and O–H groups in total. The molecule has 0 spiro atoms. The van der Waals surface area contributed by atoms with Gasteiger partial charge >= 0.3 is 0 Å². The predicted octanol–water partition coefficient (Wildman–Crippen LogP) is 2.92. The molecule has 0 aliphatic carbocycles. The molecule has 2 aromatic rings. The van der Waals surface area contributed by atoms with Crippen molar-refractivity contribution in [1.82, 2.24) is 9.97 Å². The normalized spacial score (nSPS) is 9.95. The van der Waals surface area contributed by atoms with Gasteiger partial charge in [-0.05, 0) is 25.1 Å². The molecule has 1 aromatic carbocycles. The number of ether oxygens (including phenoxy) is 1. The Bertz CT molecular complexity index is 617. The smallest absolute Gasteiger partial charge is 0.130 e. The summed E-state index contributed by atoms with van der Waals surface area (Å²) in [6, 6.07) is 11.8. The minimum Gasteiger partial charge on any atom is -0.497 e. The second kappa shape index (κ2) is 5.96. The molecule has 96 valence electrons. The fraction of sp³-hybridized carbons (Fsp3) is 0.267. The first-order valence-electron chi connectivity index (χ1n) is 6.09. The number of hydrogen-bond acceptors (Lipinski definition) is 4. The zero-order valence-electron chi connectivity index (χ0n) is 11.1. The summed E-state index contributed by atoms with van der Waals surface area (Å²) in [6.07, 6.45) is 1.01. The average molecular weight is 253 g/mol. The van der Waals surface area contributed by atoms with Crippen molar-refractivity contribution in [3.63, 3.8) is 0 Å². The van der Waals surface area contributed by atoms with Crippen molar-refractivity contribution < 1.29 is 4.74 Å². The Hall–Kier alpha value is -2.41. The molecule has 0 amide bonds. The van der Waals surface area contributed by atoms with Crippen LogP contribution in [0.15, 0.2) is 30.3 Å². The molecule has 0 saturated carbocycles. The average Bonchev–Trinajstić information content (AvgIpc) is 2.44. The van der Waals surface area contributed by atoms with Crippen LogP contribution in [0.1, 0.15) is 17.9 Å². The molecule has 0 fully saturated rings. The van der Waals surface area contributed by atoms with Gasteiger partial charge in [0, 0.05) is 24.1 Å². The van der Waals surface area contributed by atoms with Gasteiger partial charge in [-0.15, -0.1) is 0 Å². The van der Waals surface area contributed by atoms with E-state index in [0.29, 0.717) is 18.7 Å². The van der Waals surface area contributed by atoms with E-state index in [1.54, 1.807) is 7.11 Å². The quantitative estimate of drug-likeness (QED) is 0.840. The van der Waals surface area contributed by atoms with Crippen molar-refractivity contribution in [2.75, 3.05) is 7.11 Å². The number of benzene rings is 1. The molecule has 2 rings (SSSR count). The summed E-state index contributed by atoms with van der Waals surface area (Å²) in [5, 5.41) is 8.63. The Balaban J connectivity index is 2.38. The largest absolute Gasteiger partial charge is 0.497 e. The van der Waals surface area contributed by atoms with Crippen LogP contribution in [0.2, 0.25) is 0 Å². The van der Waals surface area contributed by atoms with Crippen molar-refractivity contribution in [3.8, 4) is 23.1 Å². The first-order chi connectivity index (χ1) is 9.22. The molecule has 0 atom stereocenters. The second-order valence-corrected chi connectivity index (χ2v) is 4.20. The van der Waals surface area contributed by atoms with E-state index in [1.165, 1.54) is 0 Å². The molecule has 0 unspecified atom stereocenters. The lowest BCUT2D eigenvalue weighted by Crippen LogP contribution is -1.99. The topological polar surface area (TPSA) is 58.8 Å². The summed E-state index contributed by atoms with van der Waals surface area (Å²) in [5.41, 5.74) is 2.75. The van der Waals surface area contributed by atoms with Crippen molar-refractivity contribution in [1.29, 1.82) is 5.26 Å². The third-order valence-electron chi connectivity index (χ3n) is 2.73. The standard InChI is InChI=1S/C15H15N3O/c1-11-9-14(18-15(17-11)7-4-8-16)12-5-3-6-13(10-12)19-2/h3,5-6,9-10H,4,7H2,1-2H3. The van der Waals surface area contributed by atoms with Crippen LogP contribution in [0.4, 0.5) is 0 Å². The molecular formula is C15H15N3O. The summed E-state index contributed by atoms with van der Waals surface area (Å²) in [5.74, 6) is 1.51. The highest BCUT2D eigenvalue weighted by Gasteiger charge is 2.05. The van der Waals surface area contributed by atoms with Crippen LogP contribution in [0.5, 0.6) is 5.75 Å². The van der Waals surface area contributed by atoms with Crippen molar-refractivity contribution in [3.05, 3.63) is 41.9 Å². The maximum atomic E-state index is 8.63. The Kier molecular flexibility index (Phi) is 4.09. The van der Waals surface area contributed by atoms with E-state index in [0.717, 1.165) is 22.7 Å². The van der Waals surface area contributed by atoms with Crippen LogP contribution >= 0.6 is 0 Å². The summed E-state index contributed by atoms with van der Waals surface area (Å²) in [4.78, 5) is 8.84. The molecular weight excluding hydrogens is 238 g/mol. The van der Waals surface area contributed by atoms with Gasteiger partial charge in [0.2, 0.25) is 0 Å². The summed E-state index contributed by atoms with van der Waals surface area (Å²) >= 11 is 0. The SMILES string of the molecule is COc1cccc(-c2cc(C)nc(CCC#N)n2)c1. The first kappa shape index (κ1) is 13.0. The van der Waals surface area contributed by atoms with Crippen LogP contribution in [-0.2, 0) is 6.42 Å². The van der Waals surface area contributed by atoms with E-state index in [2.05, 4.69) is 16.0 Å². The number of rotatable bonds is 4. The van der Waals surface area contributed by atoms with Crippen LogP contribution in [0, 0.1) is 18.3 Å². The summed E-state index contributed by atoms with van der Waals surface area (Å²) in [7, 11) is 1.64. The highest BCUT2D eigenvalue weighted by atomic mass is 16.5. The van der Waals surface area contributed by atoms with E-state index in [9.17, 15) is 0 Å². The highest BCUT2D eigenvalue weighted by Crippen LogP contribution is 2.22. The van der Waals surface area contributed by atoms with Gasteiger partial charge in [-0.2, -0.15) is 5.26 Å². The van der Waals surface area contributed by atoms with Crippen LogP contribution in [0.3, 0.4) is 0 Å². The van der Waals surface area contributed by atoms with Gasteiger partial charge in [0.1, 0.15) is 11.6 Å². The third kappa shape index (κ3) is 3.29. The van der Waals surface area contributed by atoms with Gasteiger partial charge < -0.3 is 4.74 Å². The lowest BCUT2D eigenvalue weighted by molar-refractivity contribution is 0.415. The number of aryl methyl sites for hydroxylation is 2. The Labute approximate surface area is 112 Å². The summed E-state index contributed by atoms with van der Waals surface area (Å²) in [6.45, 7) is 1.93. The molecule has 4 heteroatoms. The van der Waals surface area contributed by atoms with Crippen molar-refractivity contribution >= 4 is 0 Å². The lowest BCUT2D eigenvalue weighted by Gasteiger charge is -2.07. The number of nitrogens with zero attached hydrogens (tertiary/aromatic N) is 3. The number of methoxy groups -OCH3 is 1. The monoisotopic (exact) mass is 253 g/mol. The summed E-state index contributed by atoms with van der Waals surface area (Å²) < 4.78 is 5.22. The van der Waals surface area contributed by atoms with Crippen molar-refractivity contribution in [2.45, 2.75) is 19.8 Å². The zero-order chi connectivity index (χ0) is 13.7. The van der Waals surface area contributed by atoms with Crippen LogP contribution in [-0.4, -0.2) is 17.1 Å². The van der Waals surface area contributed by atoms with E-state index in [1.807, 2.05) is 37.3 Å². The lowest BCUT2D eigenvalue weighted by atomic mass is 10.1. The Morgan fingerprint density at radius 3 is 2.84 bits per heavy atom. The fourth-order valence-electron chi connectivity index (χ4n) is 1.84. The predicted molar refractivity (Wildman–Crippen MR) is 72.7 cm³/mol. The molecule has 0 saturated heterocycles. The molecule has 0 radical (unpaired) electrons. The highest BCUT2D eigenvalue weighted by molar-refractivity contribution is 5.61. The number of nitriles is 1. The number of aromatic nitrogens is 2. The first-order valence-corrected chi connectivity index (χ1v) is 6.09. The Morgan fingerprint density at radius 2 is 2.11 bits per heavy atom. The molecule has 1 aromatic heterocycles. The fourth-order valence-corrected chi connectivity index (χ4v) is 1.84. The van der Waals surface area contributed by atoms with Gasteiger partial charge in [0.15, 0.2) is 0 Å². The van der Waals surface area contributed by atoms with E-state index < -0.39 is 0 Å². The molecule has 1 heterocycles. The van der Waals surface area contributed by atoms with Gasteiger partial charge in [0.25, 0.3) is 0 Å². The van der Waals surface area contributed by atoms with Gasteiger partial charge in [0.05, 0.1) is 18.9 Å². The molecule has 19 heavy (non-hydrogen) atoms. The minimum absolute atomic E-state index is 0.432. The van der Waals surface area contributed by atoms with Gasteiger partial charge in [-0.25, -0.2) is 9.97 Å². The van der Waals surface area contributed by atoms with Gasteiger partial charge in [-0.1, -0.05) is 12.1 Å². The molecule has 4 nitrogen and oxygen atoms in total. The molecule has 0 bridgehead atoms. The Morgan fingerprint density at radius 1 is 1.26 bits per heavy atom. The van der Waals surface area contributed by atoms with Crippen LogP contribution < -0.4 is 4.74 Å². The zero-order valence-corrected chi connectivity index (χ0v) is 11.1. The molecule has 0 aliphatic heterocycles. The van der Waals surface area contributed by atoms with E-state index >= 15 is 0 Å². The van der Waals surface area contributed by atoms with Crippen LogP contribution in [0.25, 0.3) is 11.3 Å². The second-order valence-electron chi connectivity index (χ2n) is 4.20. The third-order valence-corrected chi connectivity index (χ3v) is 2.73. The van der Waals surface area contributed by atoms with Crippen molar-refractivity contribution in [2.24, 2.45) is 0 Å². The van der Waals surface area contributed by atoms with Gasteiger partial charge in [-0.3, -0.25) is 0 Å². The minimum atomic E-state index is 0.432. The number of hydrogen-bond donors (Lipinski definition) is 0. The van der Waals surface area contributed by atoms with E-state index in [4.69, 9.17) is 10.00 Å².